The lowest BCUT2D eigenvalue weighted by atomic mass is 10.1. The van der Waals surface area contributed by atoms with Crippen molar-refractivity contribution < 1.29 is 4.74 Å². The summed E-state index contributed by atoms with van der Waals surface area (Å²) in [5, 5.41) is 3.52. The SMILES string of the molecule is CCCNC(C)c1ccc(Br)cc1OCCC1CC1. The smallest absolute Gasteiger partial charge is 0.125 e. The molecule has 1 atom stereocenters. The second kappa shape index (κ2) is 7.30. The van der Waals surface area contributed by atoms with Crippen LogP contribution < -0.4 is 10.1 Å². The molecule has 1 unspecified atom stereocenters. The van der Waals surface area contributed by atoms with Crippen LogP contribution in [0.15, 0.2) is 22.7 Å². The minimum atomic E-state index is 0.337. The van der Waals surface area contributed by atoms with Crippen molar-refractivity contribution in [3.05, 3.63) is 28.2 Å². The Bertz CT molecular complexity index is 404. The quantitative estimate of drug-likeness (QED) is 0.748. The molecule has 1 fully saturated rings. The second-order valence-electron chi connectivity index (χ2n) is 5.44. The topological polar surface area (TPSA) is 21.3 Å². The lowest BCUT2D eigenvalue weighted by molar-refractivity contribution is 0.296. The first-order valence-electron chi connectivity index (χ1n) is 7.36. The molecule has 106 valence electrons. The highest BCUT2D eigenvalue weighted by atomic mass is 79.9. The number of hydrogen-bond acceptors (Lipinski definition) is 2. The Morgan fingerprint density at radius 1 is 1.42 bits per heavy atom. The largest absolute Gasteiger partial charge is 0.493 e. The summed E-state index contributed by atoms with van der Waals surface area (Å²) in [5.41, 5.74) is 1.26. The lowest BCUT2D eigenvalue weighted by Crippen LogP contribution is -2.20. The van der Waals surface area contributed by atoms with Crippen molar-refractivity contribution in [1.29, 1.82) is 0 Å². The van der Waals surface area contributed by atoms with Gasteiger partial charge in [-0.25, -0.2) is 0 Å². The zero-order valence-corrected chi connectivity index (χ0v) is 13.5. The van der Waals surface area contributed by atoms with Crippen molar-refractivity contribution in [2.75, 3.05) is 13.2 Å². The van der Waals surface area contributed by atoms with Gasteiger partial charge >= 0.3 is 0 Å². The fraction of sp³-hybridized carbons (Fsp3) is 0.625. The van der Waals surface area contributed by atoms with Gasteiger partial charge in [0.1, 0.15) is 5.75 Å². The zero-order valence-electron chi connectivity index (χ0n) is 11.9. The molecular weight excluding hydrogens is 302 g/mol. The summed E-state index contributed by atoms with van der Waals surface area (Å²) in [7, 11) is 0. The van der Waals surface area contributed by atoms with Crippen LogP contribution in [-0.4, -0.2) is 13.2 Å². The molecule has 0 saturated heterocycles. The van der Waals surface area contributed by atoms with Crippen molar-refractivity contribution in [1.82, 2.24) is 5.32 Å². The van der Waals surface area contributed by atoms with E-state index in [1.807, 2.05) is 0 Å². The Labute approximate surface area is 125 Å². The van der Waals surface area contributed by atoms with Gasteiger partial charge in [0.2, 0.25) is 0 Å². The van der Waals surface area contributed by atoms with Crippen molar-refractivity contribution in [3.8, 4) is 5.75 Å². The third-order valence-corrected chi connectivity index (χ3v) is 4.12. The molecular formula is C16H24BrNO. The predicted octanol–water partition coefficient (Wildman–Crippen LogP) is 4.69. The summed E-state index contributed by atoms with van der Waals surface area (Å²) < 4.78 is 7.08. The van der Waals surface area contributed by atoms with Crippen molar-refractivity contribution in [2.24, 2.45) is 5.92 Å². The van der Waals surface area contributed by atoms with Gasteiger partial charge in [0.05, 0.1) is 6.61 Å². The van der Waals surface area contributed by atoms with Crippen molar-refractivity contribution in [3.63, 3.8) is 0 Å². The predicted molar refractivity (Wildman–Crippen MR) is 83.7 cm³/mol. The van der Waals surface area contributed by atoms with E-state index in [1.54, 1.807) is 0 Å². The molecule has 1 aromatic rings. The Morgan fingerprint density at radius 2 is 2.21 bits per heavy atom. The Hall–Kier alpha value is -0.540. The molecule has 1 saturated carbocycles. The summed E-state index contributed by atoms with van der Waals surface area (Å²) in [6.45, 7) is 6.27. The Kier molecular flexibility index (Phi) is 5.71. The van der Waals surface area contributed by atoms with E-state index >= 15 is 0 Å². The van der Waals surface area contributed by atoms with E-state index in [9.17, 15) is 0 Å². The number of halogens is 1. The fourth-order valence-electron chi connectivity index (χ4n) is 2.20. The maximum atomic E-state index is 6.00. The molecule has 3 heteroatoms. The van der Waals surface area contributed by atoms with Crippen LogP contribution in [0.25, 0.3) is 0 Å². The molecule has 0 aromatic heterocycles. The minimum absolute atomic E-state index is 0.337. The van der Waals surface area contributed by atoms with E-state index in [2.05, 4.69) is 53.3 Å². The normalized spacial score (nSPS) is 16.4. The monoisotopic (exact) mass is 325 g/mol. The van der Waals surface area contributed by atoms with Crippen LogP contribution in [0.5, 0.6) is 5.75 Å². The van der Waals surface area contributed by atoms with Gasteiger partial charge in [-0.05, 0) is 44.4 Å². The van der Waals surface area contributed by atoms with Crippen molar-refractivity contribution in [2.45, 2.75) is 45.6 Å². The molecule has 0 spiro atoms. The molecule has 0 radical (unpaired) electrons. The van der Waals surface area contributed by atoms with Gasteiger partial charge in [-0.3, -0.25) is 0 Å². The van der Waals surface area contributed by atoms with Gasteiger partial charge in [0, 0.05) is 16.1 Å². The summed E-state index contributed by atoms with van der Waals surface area (Å²) in [6, 6.07) is 6.67. The summed E-state index contributed by atoms with van der Waals surface area (Å²) in [4.78, 5) is 0. The van der Waals surface area contributed by atoms with E-state index < -0.39 is 0 Å². The number of rotatable bonds is 8. The first-order valence-corrected chi connectivity index (χ1v) is 8.15. The lowest BCUT2D eigenvalue weighted by Gasteiger charge is -2.18. The maximum Gasteiger partial charge on any atom is 0.125 e. The van der Waals surface area contributed by atoms with E-state index in [0.717, 1.165) is 35.7 Å². The minimum Gasteiger partial charge on any atom is -0.493 e. The van der Waals surface area contributed by atoms with E-state index in [1.165, 1.54) is 24.8 Å². The molecule has 1 aromatic carbocycles. The molecule has 0 amide bonds. The van der Waals surface area contributed by atoms with Crippen LogP contribution in [0.2, 0.25) is 0 Å². The van der Waals surface area contributed by atoms with Gasteiger partial charge in [-0.1, -0.05) is 41.8 Å². The van der Waals surface area contributed by atoms with Gasteiger partial charge in [-0.15, -0.1) is 0 Å². The Balaban J connectivity index is 1.98. The molecule has 19 heavy (non-hydrogen) atoms. The number of ether oxygens (including phenoxy) is 1. The standard InChI is InChI=1S/C16H24BrNO/c1-3-9-18-12(2)15-7-6-14(17)11-16(15)19-10-8-13-4-5-13/h6-7,11-13,18H,3-5,8-10H2,1-2H3. The average molecular weight is 326 g/mol. The van der Waals surface area contributed by atoms with Gasteiger partial charge in [-0.2, -0.15) is 0 Å². The second-order valence-corrected chi connectivity index (χ2v) is 6.35. The van der Waals surface area contributed by atoms with Gasteiger partial charge in [0.25, 0.3) is 0 Å². The highest BCUT2D eigenvalue weighted by molar-refractivity contribution is 9.10. The Morgan fingerprint density at radius 3 is 2.89 bits per heavy atom. The van der Waals surface area contributed by atoms with Gasteiger partial charge < -0.3 is 10.1 Å². The zero-order chi connectivity index (χ0) is 13.7. The van der Waals surface area contributed by atoms with Crippen LogP contribution in [-0.2, 0) is 0 Å². The van der Waals surface area contributed by atoms with Crippen LogP contribution in [0, 0.1) is 5.92 Å². The molecule has 1 N–H and O–H groups in total. The highest BCUT2D eigenvalue weighted by Gasteiger charge is 2.21. The van der Waals surface area contributed by atoms with Crippen molar-refractivity contribution >= 4 is 15.9 Å². The fourth-order valence-corrected chi connectivity index (χ4v) is 2.54. The molecule has 0 heterocycles. The number of benzene rings is 1. The highest BCUT2D eigenvalue weighted by Crippen LogP contribution is 2.33. The summed E-state index contributed by atoms with van der Waals surface area (Å²) >= 11 is 3.53. The van der Waals surface area contributed by atoms with Gasteiger partial charge in [0.15, 0.2) is 0 Å². The number of hydrogen-bond donors (Lipinski definition) is 1. The first-order chi connectivity index (χ1) is 9.20. The third kappa shape index (κ3) is 4.81. The van der Waals surface area contributed by atoms with E-state index in [-0.39, 0.29) is 0 Å². The molecule has 1 aliphatic carbocycles. The average Bonchev–Trinajstić information content (AvgIpc) is 3.20. The molecule has 2 rings (SSSR count). The molecule has 1 aliphatic rings. The molecule has 0 aliphatic heterocycles. The maximum absolute atomic E-state index is 6.00. The summed E-state index contributed by atoms with van der Waals surface area (Å²) in [5.74, 6) is 1.94. The van der Waals surface area contributed by atoms with Crippen LogP contribution in [0.3, 0.4) is 0 Å². The summed E-state index contributed by atoms with van der Waals surface area (Å²) in [6.07, 6.45) is 5.13. The van der Waals surface area contributed by atoms with E-state index in [0.29, 0.717) is 6.04 Å². The van der Waals surface area contributed by atoms with Crippen LogP contribution in [0.1, 0.15) is 51.1 Å². The van der Waals surface area contributed by atoms with Crippen LogP contribution >= 0.6 is 15.9 Å². The molecule has 0 bridgehead atoms. The van der Waals surface area contributed by atoms with Crippen LogP contribution in [0.4, 0.5) is 0 Å². The third-order valence-electron chi connectivity index (χ3n) is 3.62. The number of nitrogens with one attached hydrogen (secondary N) is 1. The molecule has 2 nitrogen and oxygen atoms in total. The first kappa shape index (κ1) is 14.9. The van der Waals surface area contributed by atoms with E-state index in [4.69, 9.17) is 4.74 Å².